The quantitative estimate of drug-likeness (QED) is 0.133. The van der Waals surface area contributed by atoms with Gasteiger partial charge in [-0.25, -0.2) is 4.79 Å². The van der Waals surface area contributed by atoms with Crippen molar-refractivity contribution in [1.29, 1.82) is 0 Å². The molecule has 0 amide bonds. The molecule has 5 rings (SSSR count). The second-order valence-electron chi connectivity index (χ2n) is 8.77. The predicted molar refractivity (Wildman–Crippen MR) is 153 cm³/mol. The summed E-state index contributed by atoms with van der Waals surface area (Å²) in [5.41, 5.74) is 5.64. The van der Waals surface area contributed by atoms with E-state index in [9.17, 15) is 4.79 Å². The molecule has 0 aliphatic carbocycles. The molecule has 194 valence electrons. The number of benzene rings is 4. The Morgan fingerprint density at radius 1 is 0.846 bits per heavy atom. The highest BCUT2D eigenvalue weighted by atomic mass is 32.2. The van der Waals surface area contributed by atoms with E-state index < -0.39 is 6.04 Å². The van der Waals surface area contributed by atoms with Gasteiger partial charge in [0, 0.05) is 23.3 Å². The van der Waals surface area contributed by atoms with Gasteiger partial charge in [-0.1, -0.05) is 115 Å². The summed E-state index contributed by atoms with van der Waals surface area (Å²) in [4.78, 5) is 17.8. The van der Waals surface area contributed by atoms with Crippen LogP contribution < -0.4 is 0 Å². The van der Waals surface area contributed by atoms with Gasteiger partial charge in [0.2, 0.25) is 5.16 Å². The molecule has 1 aromatic heterocycles. The average molecular weight is 534 g/mol. The van der Waals surface area contributed by atoms with E-state index in [1.807, 2.05) is 103 Å². The maximum Gasteiger partial charge on any atom is 0.330 e. The van der Waals surface area contributed by atoms with E-state index in [0.717, 1.165) is 33.7 Å². The Kier molecular flexibility index (Phi) is 8.55. The fraction of sp³-hybridized carbons (Fsp3) is 0.129. The number of ether oxygens (including phenoxy) is 1. The topological polar surface area (TPSA) is 82.3 Å². The molecule has 1 atom stereocenters. The molecule has 0 spiro atoms. The van der Waals surface area contributed by atoms with Gasteiger partial charge in [-0.3, -0.25) is 4.99 Å². The maximum absolute atomic E-state index is 12.9. The number of thioether (sulfide) groups is 1. The highest BCUT2D eigenvalue weighted by Crippen LogP contribution is 2.24. The van der Waals surface area contributed by atoms with Crippen LogP contribution in [0.5, 0.6) is 0 Å². The van der Waals surface area contributed by atoms with E-state index in [2.05, 4.69) is 27.7 Å². The van der Waals surface area contributed by atoms with E-state index in [-0.39, 0.29) is 5.97 Å². The van der Waals surface area contributed by atoms with Crippen molar-refractivity contribution < 1.29 is 9.53 Å². The lowest BCUT2D eigenvalue weighted by Gasteiger charge is -2.15. The Labute approximate surface area is 231 Å². The molecule has 0 radical (unpaired) electrons. The van der Waals surface area contributed by atoms with Crippen LogP contribution >= 0.6 is 11.8 Å². The Bertz CT molecular complexity index is 1500. The zero-order valence-electron chi connectivity index (χ0n) is 21.4. The third-order valence-electron chi connectivity index (χ3n) is 6.08. The minimum absolute atomic E-state index is 0.374. The van der Waals surface area contributed by atoms with Crippen molar-refractivity contribution in [3.8, 4) is 5.69 Å². The van der Waals surface area contributed by atoms with Crippen LogP contribution in [0.2, 0.25) is 0 Å². The number of hydrogen-bond acceptors (Lipinski definition) is 7. The smallest absolute Gasteiger partial charge is 0.330 e. The summed E-state index contributed by atoms with van der Waals surface area (Å²) in [5, 5.41) is 12.9. The third-order valence-corrected chi connectivity index (χ3v) is 7.07. The molecule has 0 bridgehead atoms. The third kappa shape index (κ3) is 6.66. The van der Waals surface area contributed by atoms with Gasteiger partial charge in [-0.05, 0) is 33.7 Å². The molecule has 1 heterocycles. The number of tetrazole rings is 1. The summed E-state index contributed by atoms with van der Waals surface area (Å²) < 4.78 is 6.89. The first-order valence-electron chi connectivity index (χ1n) is 12.5. The molecular formula is C31H27N5O2S. The summed E-state index contributed by atoms with van der Waals surface area (Å²) in [6, 6.07) is 37.1. The summed E-state index contributed by atoms with van der Waals surface area (Å²) in [5.74, 6) is 0.299. The van der Waals surface area contributed by atoms with Gasteiger partial charge in [0.25, 0.3) is 0 Å². The standard InChI is InChI=1S/C31H27N5O2S/c1-38-30(37)28(32-29(25-14-5-2-6-15-25)26-16-7-3-8-17-26)21-23-12-11-13-24(20-23)22-39-31-33-34-35-36(31)27-18-9-4-10-19-27/h2-20,28H,21-22H2,1H3. The highest BCUT2D eigenvalue weighted by molar-refractivity contribution is 7.98. The molecular weight excluding hydrogens is 506 g/mol. The van der Waals surface area contributed by atoms with Crippen LogP contribution in [0.15, 0.2) is 125 Å². The molecule has 0 aliphatic heterocycles. The number of esters is 1. The van der Waals surface area contributed by atoms with Crippen molar-refractivity contribution in [2.75, 3.05) is 7.11 Å². The molecule has 0 saturated heterocycles. The number of methoxy groups -OCH3 is 1. The van der Waals surface area contributed by atoms with Crippen molar-refractivity contribution in [2.45, 2.75) is 23.4 Å². The highest BCUT2D eigenvalue weighted by Gasteiger charge is 2.21. The second kappa shape index (κ2) is 12.8. The van der Waals surface area contributed by atoms with Crippen molar-refractivity contribution in [2.24, 2.45) is 4.99 Å². The monoisotopic (exact) mass is 533 g/mol. The van der Waals surface area contributed by atoms with E-state index in [0.29, 0.717) is 17.3 Å². The van der Waals surface area contributed by atoms with Gasteiger partial charge in [0.1, 0.15) is 0 Å². The Balaban J connectivity index is 1.38. The summed E-state index contributed by atoms with van der Waals surface area (Å²) in [6.07, 6.45) is 0.413. The van der Waals surface area contributed by atoms with Crippen LogP contribution in [0.4, 0.5) is 0 Å². The average Bonchev–Trinajstić information content (AvgIpc) is 3.48. The van der Waals surface area contributed by atoms with Crippen molar-refractivity contribution in [3.63, 3.8) is 0 Å². The van der Waals surface area contributed by atoms with Crippen LogP contribution in [0.1, 0.15) is 22.3 Å². The molecule has 0 saturated carbocycles. The van der Waals surface area contributed by atoms with Crippen molar-refractivity contribution in [3.05, 3.63) is 138 Å². The summed E-state index contributed by atoms with van der Waals surface area (Å²) in [6.45, 7) is 0. The van der Waals surface area contributed by atoms with E-state index >= 15 is 0 Å². The van der Waals surface area contributed by atoms with Gasteiger partial charge >= 0.3 is 5.97 Å². The molecule has 0 N–H and O–H groups in total. The number of hydrogen-bond donors (Lipinski definition) is 0. The lowest BCUT2D eigenvalue weighted by atomic mass is 10.00. The molecule has 0 fully saturated rings. The van der Waals surface area contributed by atoms with Gasteiger partial charge in [-0.15, -0.1) is 5.10 Å². The number of aliphatic imine (C=N–C) groups is 1. The number of carbonyl (C=O) groups excluding carboxylic acids is 1. The zero-order chi connectivity index (χ0) is 26.9. The van der Waals surface area contributed by atoms with Crippen LogP contribution in [0.25, 0.3) is 5.69 Å². The normalized spacial score (nSPS) is 11.5. The van der Waals surface area contributed by atoms with E-state index in [1.54, 1.807) is 16.4 Å². The number of carbonyl (C=O) groups is 1. The number of aromatic nitrogens is 4. The number of rotatable bonds is 10. The molecule has 4 aromatic carbocycles. The summed E-state index contributed by atoms with van der Waals surface area (Å²) >= 11 is 1.55. The Morgan fingerprint density at radius 3 is 2.10 bits per heavy atom. The predicted octanol–water partition coefficient (Wildman–Crippen LogP) is 5.58. The fourth-order valence-electron chi connectivity index (χ4n) is 4.20. The Hall–Kier alpha value is -4.56. The maximum atomic E-state index is 12.9. The molecule has 1 unspecified atom stereocenters. The van der Waals surface area contributed by atoms with Crippen LogP contribution in [-0.4, -0.2) is 45.0 Å². The van der Waals surface area contributed by atoms with E-state index in [1.165, 1.54) is 7.11 Å². The van der Waals surface area contributed by atoms with Crippen LogP contribution in [0.3, 0.4) is 0 Å². The first-order chi connectivity index (χ1) is 19.2. The largest absolute Gasteiger partial charge is 0.467 e. The molecule has 7 nitrogen and oxygen atoms in total. The zero-order valence-corrected chi connectivity index (χ0v) is 22.2. The van der Waals surface area contributed by atoms with Crippen LogP contribution in [0, 0.1) is 0 Å². The van der Waals surface area contributed by atoms with Gasteiger partial charge in [0.15, 0.2) is 6.04 Å². The molecule has 8 heteroatoms. The first kappa shape index (κ1) is 26.1. The van der Waals surface area contributed by atoms with Crippen LogP contribution in [-0.2, 0) is 21.7 Å². The van der Waals surface area contributed by atoms with Gasteiger partial charge < -0.3 is 4.74 Å². The SMILES string of the molecule is COC(=O)C(Cc1cccc(CSc2nnnn2-c2ccccc2)c1)N=C(c1ccccc1)c1ccccc1. The summed E-state index contributed by atoms with van der Waals surface area (Å²) in [7, 11) is 1.40. The first-order valence-corrected chi connectivity index (χ1v) is 13.5. The second-order valence-corrected chi connectivity index (χ2v) is 9.71. The van der Waals surface area contributed by atoms with Gasteiger partial charge in [-0.2, -0.15) is 4.68 Å². The molecule has 5 aromatic rings. The fourth-order valence-corrected chi connectivity index (χ4v) is 5.03. The minimum atomic E-state index is -0.696. The molecule has 0 aliphatic rings. The van der Waals surface area contributed by atoms with Gasteiger partial charge in [0.05, 0.1) is 18.5 Å². The lowest BCUT2D eigenvalue weighted by Crippen LogP contribution is -2.25. The molecule has 39 heavy (non-hydrogen) atoms. The van der Waals surface area contributed by atoms with E-state index in [4.69, 9.17) is 9.73 Å². The van der Waals surface area contributed by atoms with Crippen molar-refractivity contribution in [1.82, 2.24) is 20.2 Å². The van der Waals surface area contributed by atoms with Crippen molar-refractivity contribution >= 4 is 23.4 Å². The number of nitrogens with zero attached hydrogens (tertiary/aromatic N) is 5. The lowest BCUT2D eigenvalue weighted by molar-refractivity contribution is -0.142. The minimum Gasteiger partial charge on any atom is -0.467 e. The number of para-hydroxylation sites is 1. The Morgan fingerprint density at radius 2 is 1.46 bits per heavy atom.